The predicted molar refractivity (Wildman–Crippen MR) is 79.0 cm³/mol. The van der Waals surface area contributed by atoms with Crippen molar-refractivity contribution in [2.45, 2.75) is 58.5 Å². The van der Waals surface area contributed by atoms with Gasteiger partial charge in [-0.3, -0.25) is 0 Å². The monoisotopic (exact) mass is 265 g/mol. The SMILES string of the molecule is C[C@@H](NC1CCCCC1(C)C)c1ccc(Cl)cc1. The van der Waals surface area contributed by atoms with Gasteiger partial charge in [0.2, 0.25) is 0 Å². The summed E-state index contributed by atoms with van der Waals surface area (Å²) in [5.74, 6) is 0. The summed E-state index contributed by atoms with van der Waals surface area (Å²) in [6.45, 7) is 7.02. The third-order valence-electron chi connectivity index (χ3n) is 4.33. The van der Waals surface area contributed by atoms with Crippen LogP contribution in [0, 0.1) is 5.41 Å². The zero-order chi connectivity index (χ0) is 13.2. The maximum Gasteiger partial charge on any atom is 0.0406 e. The third-order valence-corrected chi connectivity index (χ3v) is 4.58. The first-order valence-electron chi connectivity index (χ1n) is 7.00. The Labute approximate surface area is 116 Å². The standard InChI is InChI=1S/C16H24ClN/c1-12(13-7-9-14(17)10-8-13)18-15-6-4-5-11-16(15,2)3/h7-10,12,15,18H,4-6,11H2,1-3H3/t12-,15?/m1/s1. The molecule has 1 fully saturated rings. The second-order valence-corrected chi connectivity index (χ2v) is 6.66. The van der Waals surface area contributed by atoms with E-state index in [1.54, 1.807) is 0 Å². The van der Waals surface area contributed by atoms with E-state index < -0.39 is 0 Å². The topological polar surface area (TPSA) is 12.0 Å². The fourth-order valence-corrected chi connectivity index (χ4v) is 3.08. The average Bonchev–Trinajstić information content (AvgIpc) is 2.32. The lowest BCUT2D eigenvalue weighted by atomic mass is 9.73. The summed E-state index contributed by atoms with van der Waals surface area (Å²) in [5, 5.41) is 4.61. The van der Waals surface area contributed by atoms with Crippen LogP contribution in [0.3, 0.4) is 0 Å². The molecule has 100 valence electrons. The lowest BCUT2D eigenvalue weighted by molar-refractivity contribution is 0.157. The van der Waals surface area contributed by atoms with Crippen molar-refractivity contribution >= 4 is 11.6 Å². The van der Waals surface area contributed by atoms with Crippen LogP contribution in [-0.4, -0.2) is 6.04 Å². The normalized spacial score (nSPS) is 24.8. The molecule has 0 heterocycles. The molecule has 1 N–H and O–H groups in total. The molecule has 0 bridgehead atoms. The fraction of sp³-hybridized carbons (Fsp3) is 0.625. The molecule has 0 spiro atoms. The van der Waals surface area contributed by atoms with E-state index in [-0.39, 0.29) is 0 Å². The number of nitrogens with one attached hydrogen (secondary N) is 1. The van der Waals surface area contributed by atoms with E-state index in [0.717, 1.165) is 5.02 Å². The Morgan fingerprint density at radius 2 is 1.89 bits per heavy atom. The first-order valence-corrected chi connectivity index (χ1v) is 7.38. The van der Waals surface area contributed by atoms with E-state index in [1.165, 1.54) is 31.2 Å². The largest absolute Gasteiger partial charge is 0.307 e. The van der Waals surface area contributed by atoms with Crippen molar-refractivity contribution < 1.29 is 0 Å². The summed E-state index contributed by atoms with van der Waals surface area (Å²) in [6.07, 6.45) is 5.36. The fourth-order valence-electron chi connectivity index (χ4n) is 2.95. The Bertz CT molecular complexity index is 383. The van der Waals surface area contributed by atoms with Gasteiger partial charge in [-0.25, -0.2) is 0 Å². The molecule has 0 amide bonds. The summed E-state index contributed by atoms with van der Waals surface area (Å²) in [5.41, 5.74) is 1.74. The molecule has 1 aliphatic carbocycles. The zero-order valence-corrected chi connectivity index (χ0v) is 12.4. The highest BCUT2D eigenvalue weighted by Gasteiger charge is 2.32. The van der Waals surface area contributed by atoms with Crippen molar-refractivity contribution in [2.75, 3.05) is 0 Å². The summed E-state index contributed by atoms with van der Waals surface area (Å²) in [7, 11) is 0. The smallest absolute Gasteiger partial charge is 0.0406 e. The summed E-state index contributed by atoms with van der Waals surface area (Å²) in [4.78, 5) is 0. The molecule has 0 saturated heterocycles. The second-order valence-electron chi connectivity index (χ2n) is 6.23. The molecule has 18 heavy (non-hydrogen) atoms. The summed E-state index contributed by atoms with van der Waals surface area (Å²) < 4.78 is 0. The minimum atomic E-state index is 0.393. The van der Waals surface area contributed by atoms with Gasteiger partial charge in [-0.15, -0.1) is 0 Å². The van der Waals surface area contributed by atoms with Crippen LogP contribution in [0.1, 0.15) is 58.1 Å². The molecular formula is C16H24ClN. The number of benzene rings is 1. The quantitative estimate of drug-likeness (QED) is 0.815. The van der Waals surface area contributed by atoms with Gasteiger partial charge in [-0.2, -0.15) is 0 Å². The number of hydrogen-bond acceptors (Lipinski definition) is 1. The molecule has 0 aliphatic heterocycles. The summed E-state index contributed by atoms with van der Waals surface area (Å²) >= 11 is 5.93. The Hall–Kier alpha value is -0.530. The number of hydrogen-bond donors (Lipinski definition) is 1. The highest BCUT2D eigenvalue weighted by atomic mass is 35.5. The van der Waals surface area contributed by atoms with Crippen LogP contribution in [0.2, 0.25) is 5.02 Å². The van der Waals surface area contributed by atoms with Crippen LogP contribution in [0.4, 0.5) is 0 Å². The minimum absolute atomic E-state index is 0.393. The zero-order valence-electron chi connectivity index (χ0n) is 11.7. The van der Waals surface area contributed by atoms with Crippen molar-refractivity contribution in [3.63, 3.8) is 0 Å². The Kier molecular flexibility index (Phi) is 4.34. The van der Waals surface area contributed by atoms with Crippen molar-refractivity contribution in [3.8, 4) is 0 Å². The molecule has 1 unspecified atom stereocenters. The minimum Gasteiger partial charge on any atom is -0.307 e. The van der Waals surface area contributed by atoms with Gasteiger partial charge in [0.1, 0.15) is 0 Å². The van der Waals surface area contributed by atoms with Gasteiger partial charge in [-0.05, 0) is 42.9 Å². The molecule has 2 heteroatoms. The van der Waals surface area contributed by atoms with E-state index in [0.29, 0.717) is 17.5 Å². The predicted octanol–water partition coefficient (Wildman–Crippen LogP) is 4.96. The summed E-state index contributed by atoms with van der Waals surface area (Å²) in [6, 6.07) is 9.20. The van der Waals surface area contributed by atoms with Crippen LogP contribution >= 0.6 is 11.6 Å². The number of rotatable bonds is 3. The van der Waals surface area contributed by atoms with Crippen LogP contribution in [0.25, 0.3) is 0 Å². The van der Waals surface area contributed by atoms with E-state index in [1.807, 2.05) is 12.1 Å². The van der Waals surface area contributed by atoms with Gasteiger partial charge >= 0.3 is 0 Å². The first kappa shape index (κ1) is 13.9. The molecule has 2 rings (SSSR count). The molecule has 0 aromatic heterocycles. The highest BCUT2D eigenvalue weighted by molar-refractivity contribution is 6.30. The second kappa shape index (κ2) is 5.63. The van der Waals surface area contributed by atoms with Crippen LogP contribution in [0.15, 0.2) is 24.3 Å². The third kappa shape index (κ3) is 3.27. The van der Waals surface area contributed by atoms with Crippen LogP contribution < -0.4 is 5.32 Å². The molecule has 0 radical (unpaired) electrons. The van der Waals surface area contributed by atoms with E-state index in [2.05, 4.69) is 38.2 Å². The van der Waals surface area contributed by atoms with Gasteiger partial charge in [0, 0.05) is 17.1 Å². The van der Waals surface area contributed by atoms with Crippen molar-refractivity contribution in [3.05, 3.63) is 34.9 Å². The Morgan fingerprint density at radius 1 is 1.22 bits per heavy atom. The van der Waals surface area contributed by atoms with Gasteiger partial charge in [0.15, 0.2) is 0 Å². The molecule has 1 aliphatic rings. The Morgan fingerprint density at radius 3 is 2.50 bits per heavy atom. The van der Waals surface area contributed by atoms with Crippen molar-refractivity contribution in [1.29, 1.82) is 0 Å². The lowest BCUT2D eigenvalue weighted by Crippen LogP contribution is -2.45. The Balaban J connectivity index is 2.02. The molecule has 2 atom stereocenters. The van der Waals surface area contributed by atoms with E-state index in [4.69, 9.17) is 11.6 Å². The first-order chi connectivity index (χ1) is 8.49. The van der Waals surface area contributed by atoms with Gasteiger partial charge in [-0.1, -0.05) is 50.4 Å². The highest BCUT2D eigenvalue weighted by Crippen LogP contribution is 2.36. The van der Waals surface area contributed by atoms with E-state index in [9.17, 15) is 0 Å². The van der Waals surface area contributed by atoms with Gasteiger partial charge < -0.3 is 5.32 Å². The maximum absolute atomic E-state index is 5.93. The maximum atomic E-state index is 5.93. The lowest BCUT2D eigenvalue weighted by Gasteiger charge is -2.40. The average molecular weight is 266 g/mol. The number of halogens is 1. The van der Waals surface area contributed by atoms with Crippen molar-refractivity contribution in [2.24, 2.45) is 5.41 Å². The van der Waals surface area contributed by atoms with Crippen LogP contribution in [0.5, 0.6) is 0 Å². The van der Waals surface area contributed by atoms with Gasteiger partial charge in [0.05, 0.1) is 0 Å². The van der Waals surface area contributed by atoms with Gasteiger partial charge in [0.25, 0.3) is 0 Å². The molecule has 1 aromatic rings. The molecular weight excluding hydrogens is 242 g/mol. The molecule has 1 nitrogen and oxygen atoms in total. The molecule has 1 aromatic carbocycles. The molecule has 1 saturated carbocycles. The van der Waals surface area contributed by atoms with E-state index >= 15 is 0 Å². The van der Waals surface area contributed by atoms with Crippen LogP contribution in [-0.2, 0) is 0 Å². The van der Waals surface area contributed by atoms with Crippen molar-refractivity contribution in [1.82, 2.24) is 5.32 Å².